The van der Waals surface area contributed by atoms with Gasteiger partial charge in [-0.05, 0) is 18.6 Å². The SMILES string of the molecule is COC(=O)CCc1c(N)cccc1O. The summed E-state index contributed by atoms with van der Waals surface area (Å²) in [5, 5.41) is 9.44. The van der Waals surface area contributed by atoms with Crippen molar-refractivity contribution in [3.05, 3.63) is 23.8 Å². The Morgan fingerprint density at radius 1 is 1.57 bits per heavy atom. The molecule has 3 N–H and O–H groups in total. The number of phenols is 1. The third-order valence-corrected chi connectivity index (χ3v) is 1.99. The molecule has 76 valence electrons. The van der Waals surface area contributed by atoms with E-state index in [4.69, 9.17) is 5.73 Å². The van der Waals surface area contributed by atoms with Crippen LogP contribution in [0.3, 0.4) is 0 Å². The maximum atomic E-state index is 10.9. The number of esters is 1. The van der Waals surface area contributed by atoms with Gasteiger partial charge in [-0.15, -0.1) is 0 Å². The van der Waals surface area contributed by atoms with Crippen molar-refractivity contribution in [2.75, 3.05) is 12.8 Å². The third-order valence-electron chi connectivity index (χ3n) is 1.99. The molecule has 0 aromatic heterocycles. The molecule has 0 fully saturated rings. The number of hydrogen-bond acceptors (Lipinski definition) is 4. The van der Waals surface area contributed by atoms with E-state index in [1.807, 2.05) is 0 Å². The Morgan fingerprint density at radius 3 is 2.86 bits per heavy atom. The van der Waals surface area contributed by atoms with E-state index in [1.54, 1.807) is 18.2 Å². The van der Waals surface area contributed by atoms with Crippen molar-refractivity contribution in [1.82, 2.24) is 0 Å². The Labute approximate surface area is 82.3 Å². The first-order chi connectivity index (χ1) is 6.65. The van der Waals surface area contributed by atoms with E-state index in [0.29, 0.717) is 17.7 Å². The molecule has 0 aliphatic heterocycles. The van der Waals surface area contributed by atoms with Crippen LogP contribution in [-0.2, 0) is 16.0 Å². The fraction of sp³-hybridized carbons (Fsp3) is 0.300. The number of nitrogen functional groups attached to an aromatic ring is 1. The van der Waals surface area contributed by atoms with Gasteiger partial charge in [0.2, 0.25) is 0 Å². The number of benzene rings is 1. The summed E-state index contributed by atoms with van der Waals surface area (Å²) in [6.45, 7) is 0. The smallest absolute Gasteiger partial charge is 0.305 e. The highest BCUT2D eigenvalue weighted by Gasteiger charge is 2.07. The molecule has 0 amide bonds. The van der Waals surface area contributed by atoms with Crippen molar-refractivity contribution in [1.29, 1.82) is 0 Å². The number of nitrogens with two attached hydrogens (primary N) is 1. The lowest BCUT2D eigenvalue weighted by Crippen LogP contribution is -2.03. The summed E-state index contributed by atoms with van der Waals surface area (Å²) in [7, 11) is 1.33. The molecule has 14 heavy (non-hydrogen) atoms. The molecule has 1 rings (SSSR count). The summed E-state index contributed by atoms with van der Waals surface area (Å²) >= 11 is 0. The monoisotopic (exact) mass is 195 g/mol. The zero-order valence-electron chi connectivity index (χ0n) is 7.99. The number of methoxy groups -OCH3 is 1. The fourth-order valence-corrected chi connectivity index (χ4v) is 1.19. The molecule has 0 spiro atoms. The van der Waals surface area contributed by atoms with Crippen LogP contribution < -0.4 is 5.73 Å². The number of anilines is 1. The molecule has 0 aliphatic rings. The normalized spacial score (nSPS) is 9.79. The maximum Gasteiger partial charge on any atom is 0.305 e. The molecule has 0 bridgehead atoms. The van der Waals surface area contributed by atoms with E-state index >= 15 is 0 Å². The van der Waals surface area contributed by atoms with Crippen LogP contribution in [0.1, 0.15) is 12.0 Å². The van der Waals surface area contributed by atoms with Gasteiger partial charge >= 0.3 is 5.97 Å². The summed E-state index contributed by atoms with van der Waals surface area (Å²) in [4.78, 5) is 10.9. The maximum absolute atomic E-state index is 10.9. The van der Waals surface area contributed by atoms with Gasteiger partial charge in [0.15, 0.2) is 0 Å². The Balaban J connectivity index is 2.71. The van der Waals surface area contributed by atoms with Crippen LogP contribution in [0.2, 0.25) is 0 Å². The van der Waals surface area contributed by atoms with E-state index in [2.05, 4.69) is 4.74 Å². The van der Waals surface area contributed by atoms with Gasteiger partial charge in [0.1, 0.15) is 5.75 Å². The van der Waals surface area contributed by atoms with Crippen molar-refractivity contribution in [3.63, 3.8) is 0 Å². The summed E-state index contributed by atoms with van der Waals surface area (Å²) in [6.07, 6.45) is 0.615. The Hall–Kier alpha value is -1.71. The minimum atomic E-state index is -0.312. The fourth-order valence-electron chi connectivity index (χ4n) is 1.19. The average molecular weight is 195 g/mol. The van der Waals surface area contributed by atoms with Crippen LogP contribution >= 0.6 is 0 Å². The summed E-state index contributed by atoms with van der Waals surface area (Å²) in [6, 6.07) is 4.89. The van der Waals surface area contributed by atoms with E-state index in [1.165, 1.54) is 7.11 Å². The van der Waals surface area contributed by atoms with Gasteiger partial charge in [-0.3, -0.25) is 4.79 Å². The number of rotatable bonds is 3. The Kier molecular flexibility index (Phi) is 3.34. The van der Waals surface area contributed by atoms with Gasteiger partial charge < -0.3 is 15.6 Å². The second-order valence-electron chi connectivity index (χ2n) is 2.92. The summed E-state index contributed by atoms with van der Waals surface area (Å²) in [5.41, 5.74) is 6.73. The minimum Gasteiger partial charge on any atom is -0.508 e. The van der Waals surface area contributed by atoms with Crippen molar-refractivity contribution in [2.24, 2.45) is 0 Å². The molecule has 4 nitrogen and oxygen atoms in total. The van der Waals surface area contributed by atoms with Crippen LogP contribution in [0, 0.1) is 0 Å². The van der Waals surface area contributed by atoms with E-state index in [0.717, 1.165) is 0 Å². The van der Waals surface area contributed by atoms with Crippen LogP contribution in [0.4, 0.5) is 5.69 Å². The molecule has 0 saturated carbocycles. The number of carbonyl (C=O) groups is 1. The highest BCUT2D eigenvalue weighted by molar-refractivity contribution is 5.70. The Bertz CT molecular complexity index is 316. The highest BCUT2D eigenvalue weighted by atomic mass is 16.5. The molecule has 4 heteroatoms. The first-order valence-corrected chi connectivity index (χ1v) is 4.28. The molecule has 0 unspecified atom stereocenters. The first kappa shape index (κ1) is 10.4. The van der Waals surface area contributed by atoms with Gasteiger partial charge in [-0.2, -0.15) is 0 Å². The van der Waals surface area contributed by atoms with E-state index in [-0.39, 0.29) is 18.1 Å². The standard InChI is InChI=1S/C10H13NO3/c1-14-10(13)6-5-7-8(11)3-2-4-9(7)12/h2-4,12H,5-6,11H2,1H3. The molecule has 0 aliphatic carbocycles. The third kappa shape index (κ3) is 2.39. The first-order valence-electron chi connectivity index (χ1n) is 4.28. The van der Waals surface area contributed by atoms with Crippen LogP contribution in [0.25, 0.3) is 0 Å². The van der Waals surface area contributed by atoms with Gasteiger partial charge in [0.25, 0.3) is 0 Å². The second-order valence-corrected chi connectivity index (χ2v) is 2.92. The topological polar surface area (TPSA) is 72.5 Å². The number of aromatic hydroxyl groups is 1. The molecule has 1 aromatic carbocycles. The molecule has 1 aromatic rings. The van der Waals surface area contributed by atoms with E-state index in [9.17, 15) is 9.90 Å². The second kappa shape index (κ2) is 4.50. The average Bonchev–Trinajstić information content (AvgIpc) is 2.16. The van der Waals surface area contributed by atoms with Crippen LogP contribution in [0.5, 0.6) is 5.75 Å². The molecule has 0 atom stereocenters. The van der Waals surface area contributed by atoms with Crippen molar-refractivity contribution < 1.29 is 14.6 Å². The van der Waals surface area contributed by atoms with Gasteiger partial charge in [0.05, 0.1) is 7.11 Å². The lowest BCUT2D eigenvalue weighted by atomic mass is 10.1. The molecular weight excluding hydrogens is 182 g/mol. The number of ether oxygens (including phenoxy) is 1. The lowest BCUT2D eigenvalue weighted by Gasteiger charge is -2.06. The van der Waals surface area contributed by atoms with E-state index < -0.39 is 0 Å². The zero-order chi connectivity index (χ0) is 10.6. The number of carbonyl (C=O) groups excluding carboxylic acids is 1. The van der Waals surface area contributed by atoms with Crippen molar-refractivity contribution >= 4 is 11.7 Å². The Morgan fingerprint density at radius 2 is 2.29 bits per heavy atom. The molecule has 0 heterocycles. The van der Waals surface area contributed by atoms with Gasteiger partial charge in [-0.25, -0.2) is 0 Å². The van der Waals surface area contributed by atoms with Crippen LogP contribution in [0.15, 0.2) is 18.2 Å². The summed E-state index contributed by atoms with van der Waals surface area (Å²) < 4.78 is 4.49. The molecule has 0 radical (unpaired) electrons. The lowest BCUT2D eigenvalue weighted by molar-refractivity contribution is -0.140. The zero-order valence-corrected chi connectivity index (χ0v) is 7.99. The largest absolute Gasteiger partial charge is 0.508 e. The minimum absolute atomic E-state index is 0.119. The van der Waals surface area contributed by atoms with Crippen molar-refractivity contribution in [3.8, 4) is 5.75 Å². The predicted molar refractivity (Wildman–Crippen MR) is 52.9 cm³/mol. The van der Waals surface area contributed by atoms with Crippen molar-refractivity contribution in [2.45, 2.75) is 12.8 Å². The van der Waals surface area contributed by atoms with Gasteiger partial charge in [-0.1, -0.05) is 6.07 Å². The molecule has 0 saturated heterocycles. The quantitative estimate of drug-likeness (QED) is 0.559. The number of phenolic OH excluding ortho intramolecular Hbond substituents is 1. The van der Waals surface area contributed by atoms with Gasteiger partial charge in [0, 0.05) is 17.7 Å². The van der Waals surface area contributed by atoms with Crippen LogP contribution in [-0.4, -0.2) is 18.2 Å². The number of hydrogen-bond donors (Lipinski definition) is 2. The predicted octanol–water partition coefficient (Wildman–Crippen LogP) is 1.08. The summed E-state index contributed by atoms with van der Waals surface area (Å²) in [5.74, 6) is -0.193. The highest BCUT2D eigenvalue weighted by Crippen LogP contribution is 2.24. The molecular formula is C10H13NO3.